The molecule has 13 heavy (non-hydrogen) atoms. The molecular formula is C6H8KO5P. The maximum atomic E-state index is 10.3. The molecule has 0 radical (unpaired) electrons. The number of phenols is 1. The first-order valence-corrected chi connectivity index (χ1v) is 4.54. The molecule has 3 N–H and O–H groups in total. The molecule has 7 heteroatoms. The Morgan fingerprint density at radius 2 is 1.62 bits per heavy atom. The van der Waals surface area contributed by atoms with E-state index in [9.17, 15) is 4.57 Å². The summed E-state index contributed by atoms with van der Waals surface area (Å²) < 4.78 is 14.5. The van der Waals surface area contributed by atoms with E-state index in [2.05, 4.69) is 4.52 Å². The van der Waals surface area contributed by atoms with Gasteiger partial charge in [0.25, 0.3) is 0 Å². The van der Waals surface area contributed by atoms with Crippen LogP contribution in [0.3, 0.4) is 0 Å². The summed E-state index contributed by atoms with van der Waals surface area (Å²) in [5.74, 6) is 0.0224. The van der Waals surface area contributed by atoms with Gasteiger partial charge in [-0.2, -0.15) is 0 Å². The SMILES string of the molecule is O=P(O)(O)Oc1ccc(O)cc1.[KH]. The van der Waals surface area contributed by atoms with Crippen LogP contribution in [0.1, 0.15) is 0 Å². The van der Waals surface area contributed by atoms with Gasteiger partial charge >= 0.3 is 59.2 Å². The fraction of sp³-hybridized carbons (Fsp3) is 0. The Labute approximate surface area is 117 Å². The first-order valence-electron chi connectivity index (χ1n) is 3.01. The van der Waals surface area contributed by atoms with Crippen molar-refractivity contribution in [2.45, 2.75) is 0 Å². The van der Waals surface area contributed by atoms with Crippen LogP contribution in [0.5, 0.6) is 11.5 Å². The third-order valence-corrected chi connectivity index (χ3v) is 1.51. The van der Waals surface area contributed by atoms with Crippen molar-refractivity contribution in [2.75, 3.05) is 0 Å². The zero-order chi connectivity index (χ0) is 9.19. The number of phosphoric acid groups is 1. The predicted molar refractivity (Wildman–Crippen MR) is 47.9 cm³/mol. The third-order valence-electron chi connectivity index (χ3n) is 1.06. The van der Waals surface area contributed by atoms with Gasteiger partial charge in [-0.05, 0) is 24.3 Å². The Kier molecular flexibility index (Phi) is 5.73. The Morgan fingerprint density at radius 3 is 2.00 bits per heavy atom. The summed E-state index contributed by atoms with van der Waals surface area (Å²) in [5.41, 5.74) is 0. The van der Waals surface area contributed by atoms with Gasteiger partial charge in [-0.15, -0.1) is 0 Å². The van der Waals surface area contributed by atoms with Gasteiger partial charge in [-0.25, -0.2) is 4.57 Å². The van der Waals surface area contributed by atoms with Gasteiger partial charge in [0.05, 0.1) is 0 Å². The zero-order valence-electron chi connectivity index (χ0n) is 5.91. The monoisotopic (exact) mass is 230 g/mol. The van der Waals surface area contributed by atoms with Gasteiger partial charge in [0, 0.05) is 0 Å². The number of rotatable bonds is 2. The van der Waals surface area contributed by atoms with Crippen molar-refractivity contribution in [3.63, 3.8) is 0 Å². The van der Waals surface area contributed by atoms with Gasteiger partial charge < -0.3 is 9.63 Å². The number of hydrogen-bond acceptors (Lipinski definition) is 3. The quantitative estimate of drug-likeness (QED) is 0.499. The molecule has 68 valence electrons. The van der Waals surface area contributed by atoms with E-state index in [0.717, 1.165) is 0 Å². The molecule has 0 spiro atoms. The predicted octanol–water partition coefficient (Wildman–Crippen LogP) is 0.215. The number of aromatic hydroxyl groups is 1. The molecule has 0 aliphatic carbocycles. The summed E-state index contributed by atoms with van der Waals surface area (Å²) in [6.45, 7) is 0. The zero-order valence-corrected chi connectivity index (χ0v) is 6.81. The molecule has 0 atom stereocenters. The molecule has 1 aromatic rings. The van der Waals surface area contributed by atoms with Gasteiger partial charge in [-0.1, -0.05) is 0 Å². The Hall–Kier alpha value is 0.606. The maximum absolute atomic E-state index is 10.3. The summed E-state index contributed by atoms with van der Waals surface area (Å²) in [7, 11) is -4.48. The molecule has 0 aromatic heterocycles. The molecule has 0 amide bonds. The summed E-state index contributed by atoms with van der Waals surface area (Å²) in [6.07, 6.45) is 0. The second kappa shape index (κ2) is 5.48. The molecule has 0 saturated carbocycles. The van der Waals surface area contributed by atoms with E-state index in [-0.39, 0.29) is 62.9 Å². The molecule has 1 aromatic carbocycles. The van der Waals surface area contributed by atoms with E-state index in [1.54, 1.807) is 0 Å². The van der Waals surface area contributed by atoms with Crippen molar-refractivity contribution < 1.29 is 24.0 Å². The average Bonchev–Trinajstić information content (AvgIpc) is 1.91. The van der Waals surface area contributed by atoms with E-state index < -0.39 is 7.82 Å². The van der Waals surface area contributed by atoms with Gasteiger partial charge in [0.15, 0.2) is 0 Å². The summed E-state index contributed by atoms with van der Waals surface area (Å²) >= 11 is 0. The van der Waals surface area contributed by atoms with Crippen molar-refractivity contribution in [3.8, 4) is 11.5 Å². The van der Waals surface area contributed by atoms with Crippen LogP contribution in [0.2, 0.25) is 0 Å². The first-order chi connectivity index (χ1) is 5.47. The minimum absolute atomic E-state index is 0. The molecule has 0 aliphatic heterocycles. The Bertz CT molecular complexity index is 305. The Morgan fingerprint density at radius 1 is 1.15 bits per heavy atom. The van der Waals surface area contributed by atoms with Gasteiger partial charge in [0.2, 0.25) is 0 Å². The number of benzene rings is 1. The van der Waals surface area contributed by atoms with Crippen molar-refractivity contribution in [3.05, 3.63) is 24.3 Å². The Balaban J connectivity index is 0.00000144. The molecule has 0 unspecified atom stereocenters. The normalized spacial score (nSPS) is 10.3. The van der Waals surface area contributed by atoms with E-state index >= 15 is 0 Å². The van der Waals surface area contributed by atoms with Gasteiger partial charge in [0.1, 0.15) is 11.5 Å². The van der Waals surface area contributed by atoms with Crippen molar-refractivity contribution >= 4 is 59.2 Å². The summed E-state index contributed by atoms with van der Waals surface area (Å²) in [5, 5.41) is 8.81. The van der Waals surface area contributed by atoms with E-state index in [0.29, 0.717) is 0 Å². The molecule has 0 saturated heterocycles. The topological polar surface area (TPSA) is 87.0 Å². The van der Waals surface area contributed by atoms with E-state index in [1.807, 2.05) is 0 Å². The fourth-order valence-electron chi connectivity index (χ4n) is 0.644. The summed E-state index contributed by atoms with van der Waals surface area (Å²) in [6, 6.07) is 5.05. The summed E-state index contributed by atoms with van der Waals surface area (Å²) in [4.78, 5) is 16.7. The standard InChI is InChI=1S/C6H7O5P.K.H/c7-5-1-3-6(4-2-5)11-12(8,9)10;;/h1-4,7H,(H2,8,9,10);;. The van der Waals surface area contributed by atoms with Crippen LogP contribution < -0.4 is 4.52 Å². The van der Waals surface area contributed by atoms with Crippen molar-refractivity contribution in [1.82, 2.24) is 0 Å². The third kappa shape index (κ3) is 5.82. The molecule has 1 rings (SSSR count). The minimum atomic E-state index is -4.48. The van der Waals surface area contributed by atoms with Crippen molar-refractivity contribution in [2.24, 2.45) is 0 Å². The number of phenolic OH excluding ortho intramolecular Hbond substituents is 1. The first kappa shape index (κ1) is 13.6. The molecule has 0 bridgehead atoms. The van der Waals surface area contributed by atoms with Crippen LogP contribution in [-0.4, -0.2) is 66.3 Å². The number of phosphoric ester groups is 1. The van der Waals surface area contributed by atoms with Crippen LogP contribution in [-0.2, 0) is 4.57 Å². The number of hydrogen-bond donors (Lipinski definition) is 3. The molecule has 0 fully saturated rings. The average molecular weight is 230 g/mol. The molecule has 5 nitrogen and oxygen atoms in total. The van der Waals surface area contributed by atoms with Crippen LogP contribution in [0.15, 0.2) is 24.3 Å². The molecule has 0 heterocycles. The van der Waals surface area contributed by atoms with Crippen LogP contribution >= 0.6 is 7.82 Å². The van der Waals surface area contributed by atoms with Crippen LogP contribution in [0.25, 0.3) is 0 Å². The second-order valence-electron chi connectivity index (χ2n) is 2.08. The van der Waals surface area contributed by atoms with Gasteiger partial charge in [-0.3, -0.25) is 9.79 Å². The van der Waals surface area contributed by atoms with Crippen LogP contribution in [0, 0.1) is 0 Å². The molecular weight excluding hydrogens is 222 g/mol. The van der Waals surface area contributed by atoms with E-state index in [1.165, 1.54) is 24.3 Å². The van der Waals surface area contributed by atoms with Crippen LogP contribution in [0.4, 0.5) is 0 Å². The molecule has 0 aliphatic rings. The second-order valence-corrected chi connectivity index (χ2v) is 3.24. The van der Waals surface area contributed by atoms with Crippen molar-refractivity contribution in [1.29, 1.82) is 0 Å². The fourth-order valence-corrected chi connectivity index (χ4v) is 1.04. The van der Waals surface area contributed by atoms with E-state index in [4.69, 9.17) is 14.9 Å².